The summed E-state index contributed by atoms with van der Waals surface area (Å²) in [4.78, 5) is 0. The minimum Gasteiger partial charge on any atom is -0.394 e. The third-order valence-corrected chi connectivity index (χ3v) is 3.67. The number of aliphatic hydroxyl groups excluding tert-OH is 1. The summed E-state index contributed by atoms with van der Waals surface area (Å²) in [6.45, 7) is 9.56. The van der Waals surface area contributed by atoms with Gasteiger partial charge in [-0.15, -0.1) is 0 Å². The molecule has 1 rings (SSSR count). The van der Waals surface area contributed by atoms with Gasteiger partial charge in [-0.25, -0.2) is 0 Å². The molecule has 0 radical (unpaired) electrons. The van der Waals surface area contributed by atoms with Crippen LogP contribution in [0.25, 0.3) is 0 Å². The topological polar surface area (TPSA) is 41.5 Å². The van der Waals surface area contributed by atoms with Crippen molar-refractivity contribution in [3.8, 4) is 0 Å². The molecule has 1 aromatic carbocycles. The Morgan fingerprint density at radius 1 is 1.16 bits per heavy atom. The Hall–Kier alpha value is -0.900. The van der Waals surface area contributed by atoms with Gasteiger partial charge in [-0.3, -0.25) is 0 Å². The van der Waals surface area contributed by atoms with E-state index in [0.29, 0.717) is 6.61 Å². The van der Waals surface area contributed by atoms with Crippen LogP contribution in [0.5, 0.6) is 0 Å². The second kappa shape index (κ2) is 7.04. The van der Waals surface area contributed by atoms with Crippen molar-refractivity contribution < 1.29 is 9.84 Å². The highest BCUT2D eigenvalue weighted by Gasteiger charge is 2.33. The lowest BCUT2D eigenvalue weighted by Gasteiger charge is -2.36. The first-order valence-corrected chi connectivity index (χ1v) is 7.05. The Morgan fingerprint density at radius 2 is 1.79 bits per heavy atom. The molecule has 0 saturated heterocycles. The van der Waals surface area contributed by atoms with Crippen LogP contribution in [0.2, 0.25) is 0 Å². The quantitative estimate of drug-likeness (QED) is 0.759. The summed E-state index contributed by atoms with van der Waals surface area (Å²) >= 11 is 0. The predicted octanol–water partition coefficient (Wildman–Crippen LogP) is 2.69. The van der Waals surface area contributed by atoms with E-state index in [1.54, 1.807) is 0 Å². The summed E-state index contributed by atoms with van der Waals surface area (Å²) < 4.78 is 6.02. The molecule has 3 heteroatoms. The van der Waals surface area contributed by atoms with Crippen molar-refractivity contribution in [2.24, 2.45) is 0 Å². The number of likely N-dealkylation sites (N-methyl/N-ethyl adjacent to an activating group) is 1. The molecule has 0 saturated carbocycles. The summed E-state index contributed by atoms with van der Waals surface area (Å²) in [5, 5.41) is 13.3. The number of nitrogens with one attached hydrogen (secondary N) is 1. The Labute approximate surface area is 117 Å². The molecule has 2 N–H and O–H groups in total. The van der Waals surface area contributed by atoms with Crippen molar-refractivity contribution in [1.29, 1.82) is 0 Å². The van der Waals surface area contributed by atoms with Gasteiger partial charge in [0.1, 0.15) is 0 Å². The first kappa shape index (κ1) is 16.2. The lowest BCUT2D eigenvalue weighted by Crippen LogP contribution is -2.51. The van der Waals surface area contributed by atoms with Crippen LogP contribution in [0.15, 0.2) is 30.3 Å². The summed E-state index contributed by atoms with van der Waals surface area (Å²) in [6, 6.07) is 10.0. The lowest BCUT2D eigenvalue weighted by molar-refractivity contribution is -0.0630. The van der Waals surface area contributed by atoms with Gasteiger partial charge in [-0.1, -0.05) is 44.2 Å². The molecule has 19 heavy (non-hydrogen) atoms. The molecule has 3 nitrogen and oxygen atoms in total. The van der Waals surface area contributed by atoms with Gasteiger partial charge in [0.05, 0.1) is 24.4 Å². The molecule has 0 bridgehead atoms. The molecule has 0 spiro atoms. The van der Waals surface area contributed by atoms with Crippen LogP contribution in [0.3, 0.4) is 0 Å². The van der Waals surface area contributed by atoms with Crippen LogP contribution in [0, 0.1) is 0 Å². The number of benzene rings is 1. The van der Waals surface area contributed by atoms with Crippen molar-refractivity contribution in [1.82, 2.24) is 5.32 Å². The monoisotopic (exact) mass is 265 g/mol. The smallest absolute Gasteiger partial charge is 0.0906 e. The zero-order valence-electron chi connectivity index (χ0n) is 12.6. The fourth-order valence-electron chi connectivity index (χ4n) is 1.95. The fraction of sp³-hybridized carbons (Fsp3) is 0.625. The van der Waals surface area contributed by atoms with Gasteiger partial charge in [0.2, 0.25) is 0 Å². The van der Waals surface area contributed by atoms with Crippen molar-refractivity contribution >= 4 is 0 Å². The Bertz CT molecular complexity index is 364. The normalized spacial score (nSPS) is 15.2. The van der Waals surface area contributed by atoms with Crippen molar-refractivity contribution in [3.05, 3.63) is 35.9 Å². The Morgan fingerprint density at radius 3 is 2.26 bits per heavy atom. The van der Waals surface area contributed by atoms with Gasteiger partial charge in [0, 0.05) is 0 Å². The average molecular weight is 265 g/mol. The SMILES string of the molecule is CCNC(CO)(COC(C)(C)CC)c1ccccc1. The maximum Gasteiger partial charge on any atom is 0.0906 e. The van der Waals surface area contributed by atoms with Crippen LogP contribution in [-0.4, -0.2) is 30.5 Å². The van der Waals surface area contributed by atoms with E-state index in [1.807, 2.05) is 37.3 Å². The van der Waals surface area contributed by atoms with Crippen LogP contribution >= 0.6 is 0 Å². The molecule has 108 valence electrons. The zero-order chi connectivity index (χ0) is 14.4. The number of ether oxygens (including phenoxy) is 1. The second-order valence-corrected chi connectivity index (χ2v) is 5.54. The van der Waals surface area contributed by atoms with E-state index in [-0.39, 0.29) is 12.2 Å². The predicted molar refractivity (Wildman–Crippen MR) is 79.2 cm³/mol. The minimum atomic E-state index is -0.525. The van der Waals surface area contributed by atoms with E-state index in [2.05, 4.69) is 26.1 Å². The third kappa shape index (κ3) is 4.30. The fourth-order valence-corrected chi connectivity index (χ4v) is 1.95. The van der Waals surface area contributed by atoms with E-state index in [4.69, 9.17) is 4.74 Å². The Kier molecular flexibility index (Phi) is 5.98. The summed E-state index contributed by atoms with van der Waals surface area (Å²) in [5.74, 6) is 0. The molecule has 0 aromatic heterocycles. The molecule has 0 aliphatic carbocycles. The van der Waals surface area contributed by atoms with Crippen LogP contribution < -0.4 is 5.32 Å². The average Bonchev–Trinajstić information content (AvgIpc) is 2.44. The highest BCUT2D eigenvalue weighted by Crippen LogP contribution is 2.24. The summed E-state index contributed by atoms with van der Waals surface area (Å²) in [7, 11) is 0. The van der Waals surface area contributed by atoms with E-state index in [9.17, 15) is 5.11 Å². The molecule has 0 aliphatic rings. The molecule has 1 aromatic rings. The van der Waals surface area contributed by atoms with Crippen LogP contribution in [-0.2, 0) is 10.3 Å². The van der Waals surface area contributed by atoms with Crippen LogP contribution in [0.1, 0.15) is 39.7 Å². The summed E-state index contributed by atoms with van der Waals surface area (Å²) in [6.07, 6.45) is 0.940. The van der Waals surface area contributed by atoms with Crippen molar-refractivity contribution in [2.75, 3.05) is 19.8 Å². The Balaban J connectivity index is 2.93. The molecule has 0 amide bonds. The zero-order valence-corrected chi connectivity index (χ0v) is 12.6. The number of rotatable bonds is 8. The number of hydrogen-bond acceptors (Lipinski definition) is 3. The minimum absolute atomic E-state index is 0.0185. The summed E-state index contributed by atoms with van der Waals surface area (Å²) in [5.41, 5.74) is 0.360. The third-order valence-electron chi connectivity index (χ3n) is 3.67. The van der Waals surface area contributed by atoms with Gasteiger partial charge < -0.3 is 15.2 Å². The van der Waals surface area contributed by atoms with E-state index >= 15 is 0 Å². The van der Waals surface area contributed by atoms with Crippen LogP contribution in [0.4, 0.5) is 0 Å². The van der Waals surface area contributed by atoms with Crippen molar-refractivity contribution in [3.63, 3.8) is 0 Å². The maximum absolute atomic E-state index is 9.89. The van der Waals surface area contributed by atoms with Gasteiger partial charge >= 0.3 is 0 Å². The first-order chi connectivity index (χ1) is 8.99. The molecule has 0 heterocycles. The van der Waals surface area contributed by atoms with E-state index < -0.39 is 5.54 Å². The van der Waals surface area contributed by atoms with Gasteiger partial charge in [0.15, 0.2) is 0 Å². The van der Waals surface area contributed by atoms with E-state index in [1.165, 1.54) is 0 Å². The van der Waals surface area contributed by atoms with Gasteiger partial charge in [0.25, 0.3) is 0 Å². The molecular formula is C16H27NO2. The molecule has 1 unspecified atom stereocenters. The first-order valence-electron chi connectivity index (χ1n) is 7.05. The van der Waals surface area contributed by atoms with Gasteiger partial charge in [-0.05, 0) is 32.4 Å². The maximum atomic E-state index is 9.89. The largest absolute Gasteiger partial charge is 0.394 e. The van der Waals surface area contributed by atoms with E-state index in [0.717, 1.165) is 18.5 Å². The highest BCUT2D eigenvalue weighted by molar-refractivity contribution is 5.25. The molecule has 0 aliphatic heterocycles. The molecule has 1 atom stereocenters. The standard InChI is InChI=1S/C16H27NO2/c1-5-15(3,4)19-13-16(12-18,17-6-2)14-10-8-7-9-11-14/h7-11,17-18H,5-6,12-13H2,1-4H3. The number of hydrogen-bond donors (Lipinski definition) is 2. The van der Waals surface area contributed by atoms with Crippen molar-refractivity contribution in [2.45, 2.75) is 45.3 Å². The molecular weight excluding hydrogens is 238 g/mol. The lowest BCUT2D eigenvalue weighted by atomic mass is 9.91. The van der Waals surface area contributed by atoms with Gasteiger partial charge in [-0.2, -0.15) is 0 Å². The highest BCUT2D eigenvalue weighted by atomic mass is 16.5. The molecule has 0 fully saturated rings. The second-order valence-electron chi connectivity index (χ2n) is 5.54. The number of aliphatic hydroxyl groups is 1.